The third-order valence-electron chi connectivity index (χ3n) is 4.44. The Bertz CT molecular complexity index is 472. The fraction of sp³-hybridized carbons (Fsp3) is 0.533. The highest BCUT2D eigenvalue weighted by molar-refractivity contribution is 5.78. The number of aliphatic carboxylic acids is 1. The Morgan fingerprint density at radius 1 is 1.24 bits per heavy atom. The maximum absolute atomic E-state index is 11.3. The van der Waals surface area contributed by atoms with Crippen LogP contribution in [0.5, 0.6) is 0 Å². The lowest BCUT2D eigenvalue weighted by Gasteiger charge is -2.09. The van der Waals surface area contributed by atoms with Crippen molar-refractivity contribution in [2.45, 2.75) is 38.5 Å². The monoisotopic (exact) mass is 230 g/mol. The van der Waals surface area contributed by atoms with E-state index >= 15 is 0 Å². The van der Waals surface area contributed by atoms with Gasteiger partial charge in [0, 0.05) is 5.92 Å². The first-order valence-corrected chi connectivity index (χ1v) is 6.35. The largest absolute Gasteiger partial charge is 0.481 e. The molecule has 0 radical (unpaired) electrons. The number of benzene rings is 1. The van der Waals surface area contributed by atoms with Gasteiger partial charge in [0.2, 0.25) is 0 Å². The zero-order valence-electron chi connectivity index (χ0n) is 10.3. The van der Waals surface area contributed by atoms with E-state index in [9.17, 15) is 9.90 Å². The molecular formula is C15H18O2. The fourth-order valence-corrected chi connectivity index (χ4v) is 3.24. The summed E-state index contributed by atoms with van der Waals surface area (Å²) in [6, 6.07) is 8.42. The molecule has 2 saturated carbocycles. The summed E-state index contributed by atoms with van der Waals surface area (Å²) in [5.74, 6) is 0.0434. The van der Waals surface area contributed by atoms with E-state index in [1.54, 1.807) is 0 Å². The maximum atomic E-state index is 11.3. The molecule has 1 aromatic rings. The number of hydrogen-bond acceptors (Lipinski definition) is 1. The molecule has 2 aliphatic carbocycles. The zero-order chi connectivity index (χ0) is 12.2. The zero-order valence-corrected chi connectivity index (χ0v) is 10.3. The van der Waals surface area contributed by atoms with Crippen LogP contribution in [0.3, 0.4) is 0 Å². The smallest absolute Gasteiger partial charge is 0.307 e. The molecule has 0 unspecified atom stereocenters. The van der Waals surface area contributed by atoms with Crippen LogP contribution >= 0.6 is 0 Å². The van der Waals surface area contributed by atoms with Crippen molar-refractivity contribution in [3.63, 3.8) is 0 Å². The van der Waals surface area contributed by atoms with E-state index in [2.05, 4.69) is 32.0 Å². The van der Waals surface area contributed by atoms with Crippen LogP contribution in [0.15, 0.2) is 24.3 Å². The van der Waals surface area contributed by atoms with Gasteiger partial charge in [0.15, 0.2) is 0 Å². The van der Waals surface area contributed by atoms with Gasteiger partial charge in [-0.25, -0.2) is 0 Å². The number of carboxylic acid groups (broad SMARTS) is 1. The lowest BCUT2D eigenvalue weighted by Crippen LogP contribution is -2.03. The second-order valence-electron chi connectivity index (χ2n) is 6.02. The van der Waals surface area contributed by atoms with Gasteiger partial charge in [0.25, 0.3) is 0 Å². The summed E-state index contributed by atoms with van der Waals surface area (Å²) < 4.78 is 0. The number of rotatable bonds is 3. The van der Waals surface area contributed by atoms with Crippen LogP contribution in [-0.2, 0) is 4.79 Å². The molecule has 0 spiro atoms. The van der Waals surface area contributed by atoms with Crippen LogP contribution in [-0.4, -0.2) is 11.1 Å². The molecule has 17 heavy (non-hydrogen) atoms. The normalized spacial score (nSPS) is 30.0. The highest BCUT2D eigenvalue weighted by Gasteiger charge is 2.63. The number of carbonyl (C=O) groups is 1. The molecular weight excluding hydrogens is 212 g/mol. The van der Waals surface area contributed by atoms with Gasteiger partial charge in [-0.3, -0.25) is 4.79 Å². The third kappa shape index (κ3) is 1.58. The molecule has 2 heteroatoms. The van der Waals surface area contributed by atoms with Crippen LogP contribution in [0.2, 0.25) is 0 Å². The molecule has 0 bridgehead atoms. The summed E-state index contributed by atoms with van der Waals surface area (Å²) in [4.78, 5) is 11.3. The van der Waals surface area contributed by atoms with Crippen molar-refractivity contribution < 1.29 is 9.90 Å². The molecule has 0 amide bonds. The van der Waals surface area contributed by atoms with Gasteiger partial charge in [-0.2, -0.15) is 0 Å². The van der Waals surface area contributed by atoms with Crippen molar-refractivity contribution in [3.05, 3.63) is 35.4 Å². The number of carboxylic acids is 1. The predicted molar refractivity (Wildman–Crippen MR) is 66.1 cm³/mol. The van der Waals surface area contributed by atoms with Gasteiger partial charge in [-0.1, -0.05) is 38.1 Å². The highest BCUT2D eigenvalue weighted by atomic mass is 16.4. The van der Waals surface area contributed by atoms with Crippen molar-refractivity contribution in [2.24, 2.45) is 11.3 Å². The Balaban J connectivity index is 1.98. The van der Waals surface area contributed by atoms with Gasteiger partial charge < -0.3 is 5.11 Å². The molecule has 0 heterocycles. The quantitative estimate of drug-likeness (QED) is 0.864. The molecule has 3 rings (SSSR count). The van der Waals surface area contributed by atoms with Crippen molar-refractivity contribution in [2.75, 3.05) is 0 Å². The maximum Gasteiger partial charge on any atom is 0.307 e. The topological polar surface area (TPSA) is 37.3 Å². The Morgan fingerprint density at radius 3 is 2.29 bits per heavy atom. The summed E-state index contributed by atoms with van der Waals surface area (Å²) in [6.07, 6.45) is 2.53. The van der Waals surface area contributed by atoms with Crippen molar-refractivity contribution in [1.29, 1.82) is 0 Å². The standard InChI is InChI=1S/C15H18O2/c1-15(2)12(13(15)14(16)17)11-6-4-3-5-10(11)9-7-8-9/h3-6,9,12-13H,7-8H2,1-2H3,(H,16,17)/t12-,13+/m1/s1. The predicted octanol–water partition coefficient (Wildman–Crippen LogP) is 3.39. The first-order chi connectivity index (χ1) is 8.03. The van der Waals surface area contributed by atoms with Gasteiger partial charge >= 0.3 is 5.97 Å². The summed E-state index contributed by atoms with van der Waals surface area (Å²) in [5.41, 5.74) is 2.60. The average Bonchev–Trinajstić information content (AvgIpc) is 3.13. The van der Waals surface area contributed by atoms with E-state index in [4.69, 9.17) is 0 Å². The van der Waals surface area contributed by atoms with Crippen LogP contribution in [0.4, 0.5) is 0 Å². The highest BCUT2D eigenvalue weighted by Crippen LogP contribution is 2.66. The minimum Gasteiger partial charge on any atom is -0.481 e. The molecule has 2 aliphatic rings. The fourth-order valence-electron chi connectivity index (χ4n) is 3.24. The van der Waals surface area contributed by atoms with Gasteiger partial charge in [0.1, 0.15) is 0 Å². The van der Waals surface area contributed by atoms with E-state index in [1.165, 1.54) is 24.0 Å². The molecule has 1 N–H and O–H groups in total. The van der Waals surface area contributed by atoms with E-state index in [0.717, 1.165) is 0 Å². The van der Waals surface area contributed by atoms with Crippen molar-refractivity contribution in [3.8, 4) is 0 Å². The Morgan fingerprint density at radius 2 is 1.82 bits per heavy atom. The average molecular weight is 230 g/mol. The molecule has 0 aromatic heterocycles. The molecule has 2 fully saturated rings. The van der Waals surface area contributed by atoms with Crippen LogP contribution < -0.4 is 0 Å². The van der Waals surface area contributed by atoms with E-state index in [-0.39, 0.29) is 17.3 Å². The Kier molecular flexibility index (Phi) is 2.13. The minimum absolute atomic E-state index is 0.0865. The first kappa shape index (κ1) is 10.8. The van der Waals surface area contributed by atoms with Gasteiger partial charge in [0.05, 0.1) is 5.92 Å². The summed E-state index contributed by atoms with van der Waals surface area (Å²) in [5, 5.41) is 9.27. The number of hydrogen-bond donors (Lipinski definition) is 1. The second-order valence-corrected chi connectivity index (χ2v) is 6.02. The summed E-state index contributed by atoms with van der Waals surface area (Å²) >= 11 is 0. The third-order valence-corrected chi connectivity index (χ3v) is 4.44. The molecule has 90 valence electrons. The van der Waals surface area contributed by atoms with Gasteiger partial charge in [-0.05, 0) is 35.3 Å². The van der Waals surface area contributed by atoms with Gasteiger partial charge in [-0.15, -0.1) is 0 Å². The SMILES string of the molecule is CC1(C)[C@H](C(=O)O)[C@H]1c1ccccc1C1CC1. The van der Waals surface area contributed by atoms with Crippen LogP contribution in [0, 0.1) is 11.3 Å². The van der Waals surface area contributed by atoms with Crippen molar-refractivity contribution in [1.82, 2.24) is 0 Å². The lowest BCUT2D eigenvalue weighted by atomic mass is 9.95. The van der Waals surface area contributed by atoms with Crippen molar-refractivity contribution >= 4 is 5.97 Å². The summed E-state index contributed by atoms with van der Waals surface area (Å²) in [6.45, 7) is 4.14. The summed E-state index contributed by atoms with van der Waals surface area (Å²) in [7, 11) is 0. The molecule has 2 atom stereocenters. The first-order valence-electron chi connectivity index (χ1n) is 6.35. The van der Waals surface area contributed by atoms with Crippen LogP contribution in [0.25, 0.3) is 0 Å². The minimum atomic E-state index is -0.648. The Labute approximate surface area is 102 Å². The van der Waals surface area contributed by atoms with Crippen LogP contribution in [0.1, 0.15) is 49.7 Å². The Hall–Kier alpha value is -1.31. The molecule has 1 aromatic carbocycles. The molecule has 2 nitrogen and oxygen atoms in total. The van der Waals surface area contributed by atoms with E-state index in [0.29, 0.717) is 5.92 Å². The van der Waals surface area contributed by atoms with E-state index < -0.39 is 5.97 Å². The molecule has 0 aliphatic heterocycles. The van der Waals surface area contributed by atoms with E-state index in [1.807, 2.05) is 6.07 Å². The molecule has 0 saturated heterocycles. The second kappa shape index (κ2) is 3.34. The lowest BCUT2D eigenvalue weighted by molar-refractivity contribution is -0.139.